The van der Waals surface area contributed by atoms with Crippen molar-refractivity contribution in [1.82, 2.24) is 10.9 Å². The van der Waals surface area contributed by atoms with Gasteiger partial charge in [0.1, 0.15) is 0 Å². The van der Waals surface area contributed by atoms with Crippen LogP contribution in [0.15, 0.2) is 60.7 Å². The predicted octanol–water partition coefficient (Wildman–Crippen LogP) is 1.87. The van der Waals surface area contributed by atoms with Crippen molar-refractivity contribution in [3.63, 3.8) is 0 Å². The Hall–Kier alpha value is -3.15. The predicted molar refractivity (Wildman–Crippen MR) is 86.4 cm³/mol. The molecule has 2 rings (SSSR count). The molecular formula is C17H17N3O3. The van der Waals surface area contributed by atoms with E-state index in [1.165, 1.54) is 0 Å². The summed E-state index contributed by atoms with van der Waals surface area (Å²) in [4.78, 5) is 35.1. The molecule has 0 saturated heterocycles. The Morgan fingerprint density at radius 1 is 0.696 bits per heavy atom. The minimum Gasteiger partial charge on any atom is -0.326 e. The smallest absolute Gasteiger partial charge is 0.269 e. The monoisotopic (exact) mass is 311 g/mol. The van der Waals surface area contributed by atoms with Gasteiger partial charge in [0.15, 0.2) is 0 Å². The minimum atomic E-state index is -0.433. The molecule has 0 saturated carbocycles. The zero-order chi connectivity index (χ0) is 16.5. The van der Waals surface area contributed by atoms with Gasteiger partial charge in [0, 0.05) is 24.1 Å². The van der Waals surface area contributed by atoms with Crippen LogP contribution in [0.25, 0.3) is 0 Å². The lowest BCUT2D eigenvalue weighted by Crippen LogP contribution is -2.41. The second kappa shape index (κ2) is 8.33. The third-order valence-corrected chi connectivity index (χ3v) is 2.99. The fraction of sp³-hybridized carbons (Fsp3) is 0.118. The molecule has 3 N–H and O–H groups in total. The summed E-state index contributed by atoms with van der Waals surface area (Å²) in [5.41, 5.74) is 5.70. The van der Waals surface area contributed by atoms with Crippen LogP contribution in [-0.4, -0.2) is 17.7 Å². The molecule has 0 aliphatic heterocycles. The molecular weight excluding hydrogens is 294 g/mol. The average molecular weight is 311 g/mol. The van der Waals surface area contributed by atoms with Crippen molar-refractivity contribution in [3.05, 3.63) is 66.2 Å². The molecule has 0 fully saturated rings. The molecule has 0 aliphatic rings. The van der Waals surface area contributed by atoms with Crippen LogP contribution < -0.4 is 16.2 Å². The summed E-state index contributed by atoms with van der Waals surface area (Å²) in [6.45, 7) is 0. The third-order valence-electron chi connectivity index (χ3n) is 2.99. The van der Waals surface area contributed by atoms with Crippen LogP contribution in [0.1, 0.15) is 23.2 Å². The van der Waals surface area contributed by atoms with Gasteiger partial charge in [0.25, 0.3) is 5.91 Å². The van der Waals surface area contributed by atoms with E-state index in [9.17, 15) is 14.4 Å². The second-order valence-corrected chi connectivity index (χ2v) is 4.78. The first-order valence-corrected chi connectivity index (χ1v) is 7.14. The quantitative estimate of drug-likeness (QED) is 0.737. The van der Waals surface area contributed by atoms with Gasteiger partial charge in [-0.2, -0.15) is 0 Å². The lowest BCUT2D eigenvalue weighted by atomic mass is 10.2. The highest BCUT2D eigenvalue weighted by Gasteiger charge is 2.09. The lowest BCUT2D eigenvalue weighted by molar-refractivity contribution is -0.124. The Morgan fingerprint density at radius 3 is 1.91 bits per heavy atom. The fourth-order valence-corrected chi connectivity index (χ4v) is 1.82. The summed E-state index contributed by atoms with van der Waals surface area (Å²) in [7, 11) is 0. The Labute approximate surface area is 133 Å². The van der Waals surface area contributed by atoms with E-state index in [1.54, 1.807) is 54.6 Å². The molecule has 3 amide bonds. The topological polar surface area (TPSA) is 87.3 Å². The van der Waals surface area contributed by atoms with Crippen LogP contribution in [0.4, 0.5) is 5.69 Å². The van der Waals surface area contributed by atoms with E-state index >= 15 is 0 Å². The fourth-order valence-electron chi connectivity index (χ4n) is 1.82. The molecule has 0 unspecified atom stereocenters. The van der Waals surface area contributed by atoms with Crippen LogP contribution in [-0.2, 0) is 9.59 Å². The molecule has 6 heteroatoms. The van der Waals surface area contributed by atoms with Crippen LogP contribution in [0.3, 0.4) is 0 Å². The number of carbonyl (C=O) groups excluding carboxylic acids is 3. The van der Waals surface area contributed by atoms with Crippen molar-refractivity contribution in [2.24, 2.45) is 0 Å². The second-order valence-electron chi connectivity index (χ2n) is 4.78. The summed E-state index contributed by atoms with van der Waals surface area (Å²) in [6.07, 6.45) is 0.00959. The molecule has 118 valence electrons. The van der Waals surface area contributed by atoms with Gasteiger partial charge in [-0.15, -0.1) is 0 Å². The van der Waals surface area contributed by atoms with E-state index in [-0.39, 0.29) is 18.7 Å². The first-order chi connectivity index (χ1) is 11.1. The summed E-state index contributed by atoms with van der Waals surface area (Å²) in [5, 5.41) is 2.68. The van der Waals surface area contributed by atoms with Crippen LogP contribution in [0.2, 0.25) is 0 Å². The molecule has 0 aliphatic carbocycles. The zero-order valence-corrected chi connectivity index (χ0v) is 12.4. The van der Waals surface area contributed by atoms with E-state index < -0.39 is 11.8 Å². The lowest BCUT2D eigenvalue weighted by Gasteiger charge is -2.08. The van der Waals surface area contributed by atoms with Crippen LogP contribution >= 0.6 is 0 Å². The molecule has 2 aromatic rings. The number of para-hydroxylation sites is 1. The number of anilines is 1. The van der Waals surface area contributed by atoms with Gasteiger partial charge in [0.2, 0.25) is 11.8 Å². The van der Waals surface area contributed by atoms with E-state index in [2.05, 4.69) is 16.2 Å². The number of hydrogen-bond donors (Lipinski definition) is 3. The van der Waals surface area contributed by atoms with Crippen molar-refractivity contribution < 1.29 is 14.4 Å². The van der Waals surface area contributed by atoms with Gasteiger partial charge >= 0.3 is 0 Å². The van der Waals surface area contributed by atoms with E-state index in [1.807, 2.05) is 6.07 Å². The van der Waals surface area contributed by atoms with Gasteiger partial charge < -0.3 is 5.32 Å². The Balaban J connectivity index is 1.69. The summed E-state index contributed by atoms with van der Waals surface area (Å²) >= 11 is 0. The van der Waals surface area contributed by atoms with E-state index in [4.69, 9.17) is 0 Å². The van der Waals surface area contributed by atoms with Crippen molar-refractivity contribution in [3.8, 4) is 0 Å². The van der Waals surface area contributed by atoms with Crippen LogP contribution in [0, 0.1) is 0 Å². The number of carbonyl (C=O) groups is 3. The maximum atomic E-state index is 11.7. The number of benzene rings is 2. The van der Waals surface area contributed by atoms with E-state index in [0.29, 0.717) is 11.3 Å². The minimum absolute atomic E-state index is 0.0201. The standard InChI is InChI=1S/C17H17N3O3/c21-15(18-14-9-5-2-6-10-14)11-12-16(22)19-20-17(23)13-7-3-1-4-8-13/h1-10H,11-12H2,(H,18,21)(H,19,22)(H,20,23). The number of nitrogens with one attached hydrogen (secondary N) is 3. The Kier molecular flexibility index (Phi) is 5.88. The molecule has 0 aromatic heterocycles. The summed E-state index contributed by atoms with van der Waals surface area (Å²) in [5.74, 6) is -1.11. The molecule has 0 heterocycles. The first kappa shape index (κ1) is 16.2. The van der Waals surface area contributed by atoms with Gasteiger partial charge in [-0.05, 0) is 24.3 Å². The number of rotatable bonds is 5. The van der Waals surface area contributed by atoms with E-state index in [0.717, 1.165) is 0 Å². The SMILES string of the molecule is O=C(CCC(=O)Nc1ccccc1)NNC(=O)c1ccccc1. The highest BCUT2D eigenvalue weighted by Crippen LogP contribution is 2.06. The van der Waals surface area contributed by atoms with Crippen molar-refractivity contribution in [2.45, 2.75) is 12.8 Å². The van der Waals surface area contributed by atoms with Gasteiger partial charge in [-0.25, -0.2) is 0 Å². The maximum absolute atomic E-state index is 11.7. The van der Waals surface area contributed by atoms with Gasteiger partial charge in [0.05, 0.1) is 0 Å². The number of hydrogen-bond acceptors (Lipinski definition) is 3. The van der Waals surface area contributed by atoms with Crippen molar-refractivity contribution >= 4 is 23.4 Å². The summed E-state index contributed by atoms with van der Waals surface area (Å²) < 4.78 is 0. The van der Waals surface area contributed by atoms with Crippen molar-refractivity contribution in [2.75, 3.05) is 5.32 Å². The Morgan fingerprint density at radius 2 is 1.26 bits per heavy atom. The average Bonchev–Trinajstić information content (AvgIpc) is 2.59. The zero-order valence-electron chi connectivity index (χ0n) is 12.4. The maximum Gasteiger partial charge on any atom is 0.269 e. The molecule has 0 atom stereocenters. The highest BCUT2D eigenvalue weighted by atomic mass is 16.2. The molecule has 0 spiro atoms. The number of hydrazine groups is 1. The van der Waals surface area contributed by atoms with Crippen molar-refractivity contribution in [1.29, 1.82) is 0 Å². The first-order valence-electron chi connectivity index (χ1n) is 7.14. The molecule has 23 heavy (non-hydrogen) atoms. The van der Waals surface area contributed by atoms with Gasteiger partial charge in [-0.1, -0.05) is 36.4 Å². The summed E-state index contributed by atoms with van der Waals surface area (Å²) in [6, 6.07) is 17.5. The number of amides is 3. The normalized spacial score (nSPS) is 9.74. The third kappa shape index (κ3) is 5.62. The van der Waals surface area contributed by atoms with Crippen LogP contribution in [0.5, 0.6) is 0 Å². The molecule has 0 bridgehead atoms. The molecule has 0 radical (unpaired) electrons. The van der Waals surface area contributed by atoms with Gasteiger partial charge in [-0.3, -0.25) is 25.2 Å². The molecule has 2 aromatic carbocycles. The largest absolute Gasteiger partial charge is 0.326 e. The Bertz CT molecular complexity index is 672. The highest BCUT2D eigenvalue weighted by molar-refractivity contribution is 5.96. The molecule has 6 nitrogen and oxygen atoms in total.